The fourth-order valence-corrected chi connectivity index (χ4v) is 2.79. The van der Waals surface area contributed by atoms with Crippen molar-refractivity contribution in [2.45, 2.75) is 20.8 Å². The van der Waals surface area contributed by atoms with Gasteiger partial charge in [-0.3, -0.25) is 4.84 Å². The minimum Gasteiger partial charge on any atom is -0.396 e. The summed E-state index contributed by atoms with van der Waals surface area (Å²) in [7, 11) is 0. The Morgan fingerprint density at radius 2 is 1.96 bits per heavy atom. The molecule has 0 bridgehead atoms. The van der Waals surface area contributed by atoms with Gasteiger partial charge in [-0.15, -0.1) is 0 Å². The third-order valence-corrected chi connectivity index (χ3v) is 4.51. The minimum absolute atomic E-state index is 0.0124. The Balaban J connectivity index is 2.42. The normalized spacial score (nSPS) is 11.6. The van der Waals surface area contributed by atoms with Crippen molar-refractivity contribution in [2.24, 2.45) is 5.41 Å². The van der Waals surface area contributed by atoms with E-state index < -0.39 is 11.2 Å². The number of hydrogen-bond donors (Lipinski definition) is 1. The summed E-state index contributed by atoms with van der Waals surface area (Å²) in [5.41, 5.74) is 1.93. The van der Waals surface area contributed by atoms with Gasteiger partial charge < -0.3 is 5.11 Å². The summed E-state index contributed by atoms with van der Waals surface area (Å²) >= 11 is 8.03. The van der Waals surface area contributed by atoms with Crippen LogP contribution in [0.25, 0.3) is 0 Å². The van der Waals surface area contributed by atoms with Crippen LogP contribution in [0.3, 0.4) is 0 Å². The topological polar surface area (TPSA) is 32.7 Å². The molecule has 24 heavy (non-hydrogen) atoms. The number of nitrogens with zero attached hydrogens (tertiary/aromatic N) is 1. The molecule has 2 aromatic rings. The quantitative estimate of drug-likeness (QED) is 0.455. The van der Waals surface area contributed by atoms with Gasteiger partial charge in [0.1, 0.15) is 5.82 Å². The van der Waals surface area contributed by atoms with E-state index in [0.717, 1.165) is 14.8 Å². The summed E-state index contributed by atoms with van der Waals surface area (Å²) < 4.78 is 15.0. The van der Waals surface area contributed by atoms with E-state index in [1.54, 1.807) is 11.1 Å². The first kappa shape index (κ1) is 19.4. The first-order chi connectivity index (χ1) is 11.2. The standard InChI is InChI=1S/C18H20ClFINO2/c1-12-8-13(21)4-7-17(12)22(24-11-18(2,3)10-23)14-5-6-15(19)16(20)9-14/h4-9,23H,10-11H2,1-3H3. The summed E-state index contributed by atoms with van der Waals surface area (Å²) in [6.45, 7) is 6.03. The molecule has 0 aliphatic carbocycles. The Bertz CT molecular complexity index is 724. The number of halogens is 3. The predicted molar refractivity (Wildman–Crippen MR) is 104 cm³/mol. The minimum atomic E-state index is -0.507. The molecule has 1 N–H and O–H groups in total. The number of aryl methyl sites for hydroxylation is 1. The van der Waals surface area contributed by atoms with Gasteiger partial charge in [0.25, 0.3) is 0 Å². The van der Waals surface area contributed by atoms with Crippen molar-refractivity contribution in [3.05, 3.63) is 56.4 Å². The Morgan fingerprint density at radius 3 is 2.54 bits per heavy atom. The molecule has 0 heterocycles. The molecule has 3 nitrogen and oxygen atoms in total. The zero-order valence-corrected chi connectivity index (χ0v) is 16.7. The number of rotatable bonds is 6. The Labute approximate surface area is 160 Å². The summed E-state index contributed by atoms with van der Waals surface area (Å²) in [4.78, 5) is 5.95. The van der Waals surface area contributed by atoms with Gasteiger partial charge in [0.05, 0.1) is 29.6 Å². The SMILES string of the molecule is Cc1cc(I)ccc1N(OCC(C)(C)CO)c1ccc(Cl)c(F)c1. The first-order valence-electron chi connectivity index (χ1n) is 7.48. The maximum Gasteiger partial charge on any atom is 0.143 e. The third-order valence-electron chi connectivity index (χ3n) is 3.53. The average Bonchev–Trinajstić information content (AvgIpc) is 2.52. The lowest BCUT2D eigenvalue weighted by Crippen LogP contribution is -2.29. The van der Waals surface area contributed by atoms with Crippen molar-refractivity contribution >= 4 is 45.6 Å². The lowest BCUT2D eigenvalue weighted by Gasteiger charge is -2.30. The van der Waals surface area contributed by atoms with E-state index in [2.05, 4.69) is 22.6 Å². The Kier molecular flexibility index (Phi) is 6.47. The second-order valence-electron chi connectivity index (χ2n) is 6.42. The molecule has 2 rings (SSSR count). The number of aliphatic hydroxyl groups excluding tert-OH is 1. The molecule has 0 spiro atoms. The zero-order valence-electron chi connectivity index (χ0n) is 13.8. The molecule has 2 aromatic carbocycles. The van der Waals surface area contributed by atoms with Crippen molar-refractivity contribution in [2.75, 3.05) is 18.3 Å². The van der Waals surface area contributed by atoms with Crippen LogP contribution >= 0.6 is 34.2 Å². The molecule has 0 aliphatic heterocycles. The van der Waals surface area contributed by atoms with Crippen LogP contribution in [0.5, 0.6) is 0 Å². The molecule has 0 aliphatic rings. The molecule has 6 heteroatoms. The van der Waals surface area contributed by atoms with Gasteiger partial charge in [0.2, 0.25) is 0 Å². The van der Waals surface area contributed by atoms with E-state index in [4.69, 9.17) is 16.4 Å². The van der Waals surface area contributed by atoms with Crippen molar-refractivity contribution in [3.8, 4) is 0 Å². The molecule has 0 saturated heterocycles. The van der Waals surface area contributed by atoms with Gasteiger partial charge in [-0.25, -0.2) is 9.45 Å². The van der Waals surface area contributed by atoms with E-state index >= 15 is 0 Å². The van der Waals surface area contributed by atoms with Gasteiger partial charge >= 0.3 is 0 Å². The van der Waals surface area contributed by atoms with E-state index in [0.29, 0.717) is 5.69 Å². The van der Waals surface area contributed by atoms with Crippen molar-refractivity contribution < 1.29 is 14.3 Å². The largest absolute Gasteiger partial charge is 0.396 e. The second-order valence-corrected chi connectivity index (χ2v) is 8.07. The number of aliphatic hydroxyl groups is 1. The van der Waals surface area contributed by atoms with Crippen LogP contribution in [-0.2, 0) is 4.84 Å². The average molecular weight is 464 g/mol. The highest BCUT2D eigenvalue weighted by Crippen LogP contribution is 2.32. The highest BCUT2D eigenvalue weighted by Gasteiger charge is 2.22. The molecule has 0 radical (unpaired) electrons. The fraction of sp³-hybridized carbons (Fsp3) is 0.333. The Morgan fingerprint density at radius 1 is 1.25 bits per heavy atom. The second kappa shape index (κ2) is 7.99. The van der Waals surface area contributed by atoms with Crippen LogP contribution in [0.4, 0.5) is 15.8 Å². The fourth-order valence-electron chi connectivity index (χ4n) is 2.03. The van der Waals surface area contributed by atoms with Crippen molar-refractivity contribution in [1.82, 2.24) is 0 Å². The smallest absolute Gasteiger partial charge is 0.143 e. The van der Waals surface area contributed by atoms with Crippen LogP contribution in [-0.4, -0.2) is 18.3 Å². The number of benzene rings is 2. The van der Waals surface area contributed by atoms with Gasteiger partial charge in [-0.05, 0) is 65.4 Å². The molecule has 0 unspecified atom stereocenters. The van der Waals surface area contributed by atoms with E-state index in [-0.39, 0.29) is 18.2 Å². The van der Waals surface area contributed by atoms with Crippen LogP contribution in [0.15, 0.2) is 36.4 Å². The molecule has 0 atom stereocenters. The molecule has 0 aromatic heterocycles. The summed E-state index contributed by atoms with van der Waals surface area (Å²) in [5.74, 6) is -0.507. The Hall–Kier alpha value is -0.890. The predicted octanol–water partition coefficient (Wildman–Crippen LogP) is 5.48. The van der Waals surface area contributed by atoms with E-state index in [9.17, 15) is 9.50 Å². The highest BCUT2D eigenvalue weighted by molar-refractivity contribution is 14.1. The van der Waals surface area contributed by atoms with Crippen molar-refractivity contribution in [3.63, 3.8) is 0 Å². The number of anilines is 2. The first-order valence-corrected chi connectivity index (χ1v) is 8.94. The van der Waals surface area contributed by atoms with Gasteiger partial charge in [0, 0.05) is 15.1 Å². The molecule has 130 valence electrons. The molecule has 0 amide bonds. The van der Waals surface area contributed by atoms with Crippen molar-refractivity contribution in [1.29, 1.82) is 0 Å². The maximum absolute atomic E-state index is 13.9. The summed E-state index contributed by atoms with van der Waals surface area (Å²) in [6.07, 6.45) is 0. The van der Waals surface area contributed by atoms with Crippen LogP contribution in [0, 0.1) is 21.7 Å². The lowest BCUT2D eigenvalue weighted by atomic mass is 9.97. The van der Waals surface area contributed by atoms with E-state index in [1.807, 2.05) is 39.0 Å². The number of hydrogen-bond acceptors (Lipinski definition) is 3. The molecule has 0 fully saturated rings. The van der Waals surface area contributed by atoms with E-state index in [1.165, 1.54) is 12.1 Å². The van der Waals surface area contributed by atoms with Crippen LogP contribution in [0.1, 0.15) is 19.4 Å². The summed E-state index contributed by atoms with van der Waals surface area (Å²) in [5, 5.41) is 11.1. The third kappa shape index (κ3) is 4.81. The summed E-state index contributed by atoms with van der Waals surface area (Å²) in [6, 6.07) is 10.5. The highest BCUT2D eigenvalue weighted by atomic mass is 127. The van der Waals surface area contributed by atoms with Gasteiger partial charge in [0.15, 0.2) is 0 Å². The van der Waals surface area contributed by atoms with Gasteiger partial charge in [-0.2, -0.15) is 0 Å². The van der Waals surface area contributed by atoms with Crippen LogP contribution in [0.2, 0.25) is 5.02 Å². The maximum atomic E-state index is 13.9. The molecular weight excluding hydrogens is 444 g/mol. The monoisotopic (exact) mass is 463 g/mol. The zero-order chi connectivity index (χ0) is 17.9. The molecule has 0 saturated carbocycles. The lowest BCUT2D eigenvalue weighted by molar-refractivity contribution is 0.0278. The van der Waals surface area contributed by atoms with Gasteiger partial charge in [-0.1, -0.05) is 25.4 Å². The van der Waals surface area contributed by atoms with Crippen LogP contribution < -0.4 is 5.06 Å². The molecular formula is C18H20ClFINO2.